The number of ether oxygens (including phenoxy) is 3. The Morgan fingerprint density at radius 3 is 1.57 bits per heavy atom. The summed E-state index contributed by atoms with van der Waals surface area (Å²) in [5.41, 5.74) is 2.05. The van der Waals surface area contributed by atoms with Crippen LogP contribution in [-0.4, -0.2) is 32.9 Å². The molecule has 0 aromatic heterocycles. The molecular formula is C24H24O4. The molecule has 0 unspecified atom stereocenters. The molecule has 0 aliphatic heterocycles. The van der Waals surface area contributed by atoms with Crippen molar-refractivity contribution in [3.8, 4) is 0 Å². The Balaban J connectivity index is 2.10. The molecule has 3 aromatic rings. The lowest BCUT2D eigenvalue weighted by atomic mass is 9.80. The average Bonchev–Trinajstić information content (AvgIpc) is 2.78. The van der Waals surface area contributed by atoms with Crippen molar-refractivity contribution in [3.63, 3.8) is 0 Å². The van der Waals surface area contributed by atoms with Crippen molar-refractivity contribution in [1.82, 2.24) is 0 Å². The van der Waals surface area contributed by atoms with Crippen LogP contribution in [0.15, 0.2) is 91.0 Å². The van der Waals surface area contributed by atoms with E-state index >= 15 is 0 Å². The number of rotatable bonds is 10. The summed E-state index contributed by atoms with van der Waals surface area (Å²) < 4.78 is 16.9. The van der Waals surface area contributed by atoms with E-state index in [1.807, 2.05) is 91.0 Å². The van der Waals surface area contributed by atoms with Gasteiger partial charge in [0.25, 0.3) is 0 Å². The molecule has 0 N–H and O–H groups in total. The van der Waals surface area contributed by atoms with E-state index in [1.165, 1.54) is 7.11 Å². The van der Waals surface area contributed by atoms with Crippen LogP contribution in [0.25, 0.3) is 0 Å². The summed E-state index contributed by atoms with van der Waals surface area (Å²) >= 11 is 0. The highest BCUT2D eigenvalue weighted by molar-refractivity contribution is 5.56. The van der Waals surface area contributed by atoms with Crippen LogP contribution >= 0.6 is 0 Å². The van der Waals surface area contributed by atoms with Gasteiger partial charge in [-0.1, -0.05) is 91.0 Å². The van der Waals surface area contributed by atoms with Gasteiger partial charge in [-0.25, -0.2) is 0 Å². The maximum absolute atomic E-state index is 11.5. The van der Waals surface area contributed by atoms with Gasteiger partial charge in [0, 0.05) is 7.11 Å². The van der Waals surface area contributed by atoms with Gasteiger partial charge in [0.15, 0.2) is 6.29 Å². The standard InChI is InChI=1S/C24H24O4/c1-26-19-27-23(17-25)18-28-24(20-11-5-2-6-12-20,21-13-7-3-8-14-21)22-15-9-4-10-16-22/h2-17,23H,18-19H2,1H3/t23-/m1/s1. The third-order valence-electron chi connectivity index (χ3n) is 4.56. The minimum Gasteiger partial charge on any atom is -0.359 e. The third-order valence-corrected chi connectivity index (χ3v) is 4.56. The first-order chi connectivity index (χ1) is 13.8. The van der Waals surface area contributed by atoms with E-state index in [4.69, 9.17) is 14.2 Å². The van der Waals surface area contributed by atoms with Crippen molar-refractivity contribution in [3.05, 3.63) is 108 Å². The molecule has 0 radical (unpaired) electrons. The van der Waals surface area contributed by atoms with Crippen molar-refractivity contribution in [2.45, 2.75) is 11.7 Å². The fraction of sp³-hybridized carbons (Fsp3) is 0.208. The molecule has 0 heterocycles. The Bertz CT molecular complexity index is 738. The number of hydrogen-bond donors (Lipinski definition) is 0. The van der Waals surface area contributed by atoms with Crippen LogP contribution in [0.3, 0.4) is 0 Å². The van der Waals surface area contributed by atoms with Crippen LogP contribution in [0, 0.1) is 0 Å². The highest BCUT2D eigenvalue weighted by Gasteiger charge is 2.38. The van der Waals surface area contributed by atoms with Crippen LogP contribution < -0.4 is 0 Å². The van der Waals surface area contributed by atoms with E-state index in [1.54, 1.807) is 0 Å². The number of carbonyl (C=O) groups is 1. The average molecular weight is 376 g/mol. The van der Waals surface area contributed by atoms with Crippen LogP contribution in [0.5, 0.6) is 0 Å². The summed E-state index contributed by atoms with van der Waals surface area (Å²) in [6.07, 6.45) is 0.0144. The number of methoxy groups -OCH3 is 1. The fourth-order valence-corrected chi connectivity index (χ4v) is 3.26. The molecule has 3 rings (SSSR count). The van der Waals surface area contributed by atoms with Gasteiger partial charge in [-0.3, -0.25) is 0 Å². The molecule has 144 valence electrons. The summed E-state index contributed by atoms with van der Waals surface area (Å²) in [5.74, 6) is 0. The molecule has 0 saturated carbocycles. The Morgan fingerprint density at radius 1 is 0.786 bits per heavy atom. The van der Waals surface area contributed by atoms with E-state index in [-0.39, 0.29) is 13.4 Å². The summed E-state index contributed by atoms with van der Waals surface area (Å²) in [6, 6.07) is 30.0. The zero-order valence-corrected chi connectivity index (χ0v) is 15.9. The van der Waals surface area contributed by atoms with E-state index < -0.39 is 11.7 Å². The molecule has 0 saturated heterocycles. The highest BCUT2D eigenvalue weighted by atomic mass is 16.7. The molecule has 0 fully saturated rings. The lowest BCUT2D eigenvalue weighted by Crippen LogP contribution is -2.37. The van der Waals surface area contributed by atoms with Gasteiger partial charge in [-0.2, -0.15) is 0 Å². The van der Waals surface area contributed by atoms with Crippen molar-refractivity contribution in [2.75, 3.05) is 20.5 Å². The normalized spacial score (nSPS) is 12.5. The first-order valence-corrected chi connectivity index (χ1v) is 9.17. The van der Waals surface area contributed by atoms with E-state index in [2.05, 4.69) is 0 Å². The monoisotopic (exact) mass is 376 g/mol. The Kier molecular flexibility index (Phi) is 7.09. The van der Waals surface area contributed by atoms with E-state index in [0.29, 0.717) is 0 Å². The molecule has 3 aromatic carbocycles. The number of benzene rings is 3. The van der Waals surface area contributed by atoms with Gasteiger partial charge in [-0.05, 0) is 16.7 Å². The van der Waals surface area contributed by atoms with Gasteiger partial charge in [0.2, 0.25) is 0 Å². The first-order valence-electron chi connectivity index (χ1n) is 9.17. The maximum Gasteiger partial charge on any atom is 0.151 e. The van der Waals surface area contributed by atoms with Crippen LogP contribution in [0.4, 0.5) is 0 Å². The molecule has 0 aliphatic rings. The quantitative estimate of drug-likeness (QED) is 0.302. The molecule has 4 heteroatoms. The van der Waals surface area contributed by atoms with Crippen LogP contribution in [-0.2, 0) is 24.6 Å². The molecular weight excluding hydrogens is 352 g/mol. The smallest absolute Gasteiger partial charge is 0.151 e. The molecule has 0 spiro atoms. The van der Waals surface area contributed by atoms with E-state index in [0.717, 1.165) is 23.0 Å². The maximum atomic E-state index is 11.5. The topological polar surface area (TPSA) is 44.8 Å². The zero-order valence-electron chi connectivity index (χ0n) is 15.9. The Labute approximate surface area is 165 Å². The molecule has 28 heavy (non-hydrogen) atoms. The second kappa shape index (κ2) is 9.95. The minimum absolute atomic E-state index is 0.0295. The van der Waals surface area contributed by atoms with Gasteiger partial charge in [-0.15, -0.1) is 0 Å². The molecule has 0 aliphatic carbocycles. The minimum atomic E-state index is -0.874. The van der Waals surface area contributed by atoms with Gasteiger partial charge in [0.1, 0.15) is 18.5 Å². The van der Waals surface area contributed by atoms with Crippen molar-refractivity contribution in [1.29, 1.82) is 0 Å². The first kappa shape index (κ1) is 20.0. The zero-order chi connectivity index (χ0) is 19.7. The largest absolute Gasteiger partial charge is 0.359 e. The molecule has 0 amide bonds. The fourth-order valence-electron chi connectivity index (χ4n) is 3.26. The number of carbonyl (C=O) groups excluding carboxylic acids is 1. The predicted molar refractivity (Wildman–Crippen MR) is 108 cm³/mol. The Hall–Kier alpha value is -2.79. The number of aldehydes is 1. The van der Waals surface area contributed by atoms with Crippen LogP contribution in [0.2, 0.25) is 0 Å². The molecule has 0 bridgehead atoms. The second-order valence-corrected chi connectivity index (χ2v) is 6.34. The predicted octanol–water partition coefficient (Wildman–Crippen LogP) is 4.18. The number of hydrogen-bond acceptors (Lipinski definition) is 4. The summed E-state index contributed by atoms with van der Waals surface area (Å²) in [5, 5.41) is 0. The molecule has 4 nitrogen and oxygen atoms in total. The van der Waals surface area contributed by atoms with Gasteiger partial charge in [0.05, 0.1) is 6.61 Å². The van der Waals surface area contributed by atoms with Gasteiger partial charge >= 0.3 is 0 Å². The lowest BCUT2D eigenvalue weighted by Gasteiger charge is -2.36. The Morgan fingerprint density at radius 2 is 1.21 bits per heavy atom. The summed E-state index contributed by atoms with van der Waals surface area (Å²) in [4.78, 5) is 11.5. The summed E-state index contributed by atoms with van der Waals surface area (Å²) in [7, 11) is 1.52. The van der Waals surface area contributed by atoms with E-state index in [9.17, 15) is 4.79 Å². The van der Waals surface area contributed by atoms with Crippen LogP contribution in [0.1, 0.15) is 16.7 Å². The third kappa shape index (κ3) is 4.37. The van der Waals surface area contributed by atoms with Crippen molar-refractivity contribution in [2.24, 2.45) is 0 Å². The van der Waals surface area contributed by atoms with Crippen molar-refractivity contribution >= 4 is 6.29 Å². The highest BCUT2D eigenvalue weighted by Crippen LogP contribution is 2.40. The molecule has 1 atom stereocenters. The van der Waals surface area contributed by atoms with Crippen molar-refractivity contribution < 1.29 is 19.0 Å². The summed E-state index contributed by atoms with van der Waals surface area (Å²) in [6.45, 7) is 0.118. The SMILES string of the molecule is COCO[C@H](C=O)COC(c1ccccc1)(c1ccccc1)c1ccccc1. The second-order valence-electron chi connectivity index (χ2n) is 6.34. The van der Waals surface area contributed by atoms with Gasteiger partial charge < -0.3 is 19.0 Å². The lowest BCUT2D eigenvalue weighted by molar-refractivity contribution is -0.140.